The Morgan fingerprint density at radius 2 is 2.20 bits per heavy atom. The first-order valence-electron chi connectivity index (χ1n) is 5.25. The maximum absolute atomic E-state index is 9.95. The van der Waals surface area contributed by atoms with Crippen molar-refractivity contribution in [3.63, 3.8) is 0 Å². The topological polar surface area (TPSA) is 46.0 Å². The first-order valence-corrected chi connectivity index (χ1v) is 5.25. The number of aliphatic hydroxyl groups excluding tert-OH is 1. The number of aryl methyl sites for hydroxylation is 2. The van der Waals surface area contributed by atoms with E-state index in [0.717, 1.165) is 36.2 Å². The highest BCUT2D eigenvalue weighted by Gasteiger charge is 2.11. The summed E-state index contributed by atoms with van der Waals surface area (Å²) in [6.07, 6.45) is 4.08. The van der Waals surface area contributed by atoms with E-state index in [-0.39, 0.29) is 0 Å². The summed E-state index contributed by atoms with van der Waals surface area (Å²) in [7, 11) is 0. The molecular formula is C12H18N2O. The van der Waals surface area contributed by atoms with Crippen LogP contribution in [-0.2, 0) is 0 Å². The molecule has 0 saturated heterocycles. The molecule has 1 unspecified atom stereocenters. The Morgan fingerprint density at radius 1 is 1.47 bits per heavy atom. The predicted molar refractivity (Wildman–Crippen MR) is 60.5 cm³/mol. The summed E-state index contributed by atoms with van der Waals surface area (Å²) in [5.41, 5.74) is 2.55. The zero-order valence-electron chi connectivity index (χ0n) is 9.40. The lowest BCUT2D eigenvalue weighted by molar-refractivity contribution is 0.163. The van der Waals surface area contributed by atoms with Crippen LogP contribution in [0, 0.1) is 13.8 Å². The Bertz CT molecular complexity index is 336. The summed E-state index contributed by atoms with van der Waals surface area (Å²) in [5.74, 6) is 0. The molecule has 1 aromatic heterocycles. The smallest absolute Gasteiger partial charge is 0.0809 e. The van der Waals surface area contributed by atoms with Crippen molar-refractivity contribution in [2.75, 3.05) is 0 Å². The molecule has 0 amide bonds. The summed E-state index contributed by atoms with van der Waals surface area (Å²) in [6.45, 7) is 7.41. The van der Waals surface area contributed by atoms with Gasteiger partial charge in [0.15, 0.2) is 0 Å². The summed E-state index contributed by atoms with van der Waals surface area (Å²) < 4.78 is 0. The molecule has 1 atom stereocenters. The van der Waals surface area contributed by atoms with Crippen LogP contribution in [0.3, 0.4) is 0 Å². The first kappa shape index (κ1) is 11.9. The van der Waals surface area contributed by atoms with E-state index in [0.29, 0.717) is 0 Å². The monoisotopic (exact) mass is 206 g/mol. The molecule has 15 heavy (non-hydrogen) atoms. The number of nitrogens with zero attached hydrogens (tertiary/aromatic N) is 2. The Labute approximate surface area is 90.9 Å². The van der Waals surface area contributed by atoms with E-state index in [4.69, 9.17) is 0 Å². The molecule has 1 aromatic rings. The number of hydrogen-bond donors (Lipinski definition) is 1. The molecule has 1 rings (SSSR count). The number of unbranched alkanes of at least 4 members (excludes halogenated alkanes) is 1. The minimum absolute atomic E-state index is 0.431. The number of rotatable bonds is 5. The standard InChI is InChI=1S/C12H18N2O/c1-4-5-6-7-12(15)11-8-9(2)13-14-10(11)3/h4,8,12,15H,1,5-7H2,2-3H3. The molecular weight excluding hydrogens is 188 g/mol. The van der Waals surface area contributed by atoms with Crippen LogP contribution in [-0.4, -0.2) is 15.3 Å². The van der Waals surface area contributed by atoms with Gasteiger partial charge < -0.3 is 5.11 Å². The second kappa shape index (κ2) is 5.61. The average molecular weight is 206 g/mol. The van der Waals surface area contributed by atoms with E-state index in [9.17, 15) is 5.11 Å². The van der Waals surface area contributed by atoms with E-state index in [1.54, 1.807) is 0 Å². The molecule has 0 saturated carbocycles. The third kappa shape index (κ3) is 3.44. The van der Waals surface area contributed by atoms with Crippen molar-refractivity contribution in [1.82, 2.24) is 10.2 Å². The van der Waals surface area contributed by atoms with E-state index in [1.807, 2.05) is 26.0 Å². The van der Waals surface area contributed by atoms with Gasteiger partial charge in [-0.1, -0.05) is 6.08 Å². The van der Waals surface area contributed by atoms with Crippen LogP contribution >= 0.6 is 0 Å². The molecule has 1 N–H and O–H groups in total. The van der Waals surface area contributed by atoms with Crippen molar-refractivity contribution in [3.05, 3.63) is 35.7 Å². The average Bonchev–Trinajstić information content (AvgIpc) is 2.22. The Balaban J connectivity index is 2.67. The van der Waals surface area contributed by atoms with Gasteiger partial charge in [-0.05, 0) is 39.2 Å². The molecule has 0 bridgehead atoms. The summed E-state index contributed by atoms with van der Waals surface area (Å²) in [4.78, 5) is 0. The van der Waals surface area contributed by atoms with Crippen molar-refractivity contribution < 1.29 is 5.11 Å². The zero-order chi connectivity index (χ0) is 11.3. The number of allylic oxidation sites excluding steroid dienone is 1. The fourth-order valence-corrected chi connectivity index (χ4v) is 1.52. The van der Waals surface area contributed by atoms with Gasteiger partial charge in [-0.25, -0.2) is 0 Å². The minimum Gasteiger partial charge on any atom is -0.388 e. The largest absolute Gasteiger partial charge is 0.388 e. The van der Waals surface area contributed by atoms with Crippen LogP contribution in [0.25, 0.3) is 0 Å². The lowest BCUT2D eigenvalue weighted by atomic mass is 10.0. The van der Waals surface area contributed by atoms with Gasteiger partial charge in [-0.2, -0.15) is 10.2 Å². The van der Waals surface area contributed by atoms with Crippen LogP contribution in [0.5, 0.6) is 0 Å². The Hall–Kier alpha value is -1.22. The lowest BCUT2D eigenvalue weighted by Gasteiger charge is -2.12. The number of aliphatic hydroxyl groups is 1. The van der Waals surface area contributed by atoms with Crippen LogP contribution in [0.4, 0.5) is 0 Å². The molecule has 3 nitrogen and oxygen atoms in total. The maximum Gasteiger partial charge on any atom is 0.0809 e. The molecule has 3 heteroatoms. The third-order valence-electron chi connectivity index (χ3n) is 2.38. The SMILES string of the molecule is C=CCCCC(O)c1cc(C)nnc1C. The van der Waals surface area contributed by atoms with Gasteiger partial charge in [0.25, 0.3) is 0 Å². The van der Waals surface area contributed by atoms with E-state index in [1.165, 1.54) is 0 Å². The van der Waals surface area contributed by atoms with Crippen molar-refractivity contribution in [1.29, 1.82) is 0 Å². The molecule has 0 spiro atoms. The van der Waals surface area contributed by atoms with E-state index < -0.39 is 6.10 Å². The molecule has 0 fully saturated rings. The summed E-state index contributed by atoms with van der Waals surface area (Å²) >= 11 is 0. The number of hydrogen-bond acceptors (Lipinski definition) is 3. The van der Waals surface area contributed by atoms with Crippen molar-refractivity contribution in [2.24, 2.45) is 0 Å². The van der Waals surface area contributed by atoms with Gasteiger partial charge in [0.05, 0.1) is 17.5 Å². The first-order chi connectivity index (χ1) is 7.15. The molecule has 0 radical (unpaired) electrons. The highest BCUT2D eigenvalue weighted by atomic mass is 16.3. The van der Waals surface area contributed by atoms with E-state index >= 15 is 0 Å². The Kier molecular flexibility index (Phi) is 4.43. The van der Waals surface area contributed by atoms with Gasteiger partial charge in [-0.3, -0.25) is 0 Å². The molecule has 0 aliphatic heterocycles. The predicted octanol–water partition coefficient (Wildman–Crippen LogP) is 2.48. The van der Waals surface area contributed by atoms with Gasteiger partial charge in [0.2, 0.25) is 0 Å². The van der Waals surface area contributed by atoms with Crippen molar-refractivity contribution >= 4 is 0 Å². The second-order valence-corrected chi connectivity index (χ2v) is 3.76. The van der Waals surface area contributed by atoms with Crippen LogP contribution in [0.15, 0.2) is 18.7 Å². The summed E-state index contributed by atoms with van der Waals surface area (Å²) in [6, 6.07) is 1.90. The van der Waals surface area contributed by atoms with Crippen molar-refractivity contribution in [3.8, 4) is 0 Å². The van der Waals surface area contributed by atoms with Crippen LogP contribution in [0.1, 0.15) is 42.3 Å². The molecule has 0 aliphatic rings. The van der Waals surface area contributed by atoms with Gasteiger partial charge in [0, 0.05) is 5.56 Å². The third-order valence-corrected chi connectivity index (χ3v) is 2.38. The fraction of sp³-hybridized carbons (Fsp3) is 0.500. The summed E-state index contributed by atoms with van der Waals surface area (Å²) in [5, 5.41) is 17.9. The van der Waals surface area contributed by atoms with Gasteiger partial charge in [-0.15, -0.1) is 6.58 Å². The zero-order valence-corrected chi connectivity index (χ0v) is 9.40. The highest BCUT2D eigenvalue weighted by Crippen LogP contribution is 2.21. The quantitative estimate of drug-likeness (QED) is 0.594. The van der Waals surface area contributed by atoms with E-state index in [2.05, 4.69) is 16.8 Å². The highest BCUT2D eigenvalue weighted by molar-refractivity contribution is 5.22. The fourth-order valence-electron chi connectivity index (χ4n) is 1.52. The van der Waals surface area contributed by atoms with Crippen molar-refractivity contribution in [2.45, 2.75) is 39.2 Å². The second-order valence-electron chi connectivity index (χ2n) is 3.76. The normalized spacial score (nSPS) is 12.5. The molecule has 0 aromatic carbocycles. The maximum atomic E-state index is 9.95. The lowest BCUT2D eigenvalue weighted by Crippen LogP contribution is -2.04. The molecule has 0 aliphatic carbocycles. The minimum atomic E-state index is -0.431. The molecule has 1 heterocycles. The van der Waals surface area contributed by atoms with Crippen LogP contribution < -0.4 is 0 Å². The van der Waals surface area contributed by atoms with Gasteiger partial charge in [0.1, 0.15) is 0 Å². The van der Waals surface area contributed by atoms with Gasteiger partial charge >= 0.3 is 0 Å². The Morgan fingerprint density at radius 3 is 2.87 bits per heavy atom. The molecule has 82 valence electrons. The number of aromatic nitrogens is 2. The van der Waals surface area contributed by atoms with Crippen LogP contribution in [0.2, 0.25) is 0 Å².